The zero-order valence-electron chi connectivity index (χ0n) is 4.62. The molecule has 0 aliphatic rings. The highest BCUT2D eigenvalue weighted by atomic mass is 31.1. The van der Waals surface area contributed by atoms with Crippen LogP contribution in [-0.4, -0.2) is 12.2 Å². The SMILES string of the molecule is C=C(C)C(=O)PC. The van der Waals surface area contributed by atoms with Gasteiger partial charge in [-0.3, -0.25) is 4.79 Å². The van der Waals surface area contributed by atoms with E-state index in [1.807, 2.05) is 6.66 Å². The molecule has 1 atom stereocenters. The molecular formula is C5H9OP. The van der Waals surface area contributed by atoms with E-state index >= 15 is 0 Å². The molecule has 2 heteroatoms. The molecule has 0 N–H and O–H groups in total. The first-order valence-electron chi connectivity index (χ1n) is 2.06. The monoisotopic (exact) mass is 116 g/mol. The molecule has 0 spiro atoms. The van der Waals surface area contributed by atoms with Crippen molar-refractivity contribution in [3.8, 4) is 0 Å². The second-order valence-electron chi connectivity index (χ2n) is 1.36. The van der Waals surface area contributed by atoms with Crippen LogP contribution in [-0.2, 0) is 4.79 Å². The van der Waals surface area contributed by atoms with E-state index < -0.39 is 0 Å². The smallest absolute Gasteiger partial charge is 0.175 e. The van der Waals surface area contributed by atoms with Crippen LogP contribution in [0.3, 0.4) is 0 Å². The molecule has 0 fully saturated rings. The Morgan fingerprint density at radius 3 is 2.14 bits per heavy atom. The first kappa shape index (κ1) is 6.84. The van der Waals surface area contributed by atoms with Gasteiger partial charge < -0.3 is 0 Å². The van der Waals surface area contributed by atoms with Crippen LogP contribution in [0, 0.1) is 0 Å². The molecule has 0 aliphatic heterocycles. The van der Waals surface area contributed by atoms with Gasteiger partial charge >= 0.3 is 0 Å². The minimum absolute atomic E-state index is 0.181. The Hall–Kier alpha value is -0.160. The summed E-state index contributed by atoms with van der Waals surface area (Å²) in [6, 6.07) is 0. The molecule has 0 aromatic heterocycles. The summed E-state index contributed by atoms with van der Waals surface area (Å²) in [7, 11) is 0.373. The summed E-state index contributed by atoms with van der Waals surface area (Å²) in [4.78, 5) is 10.4. The number of carbonyl (C=O) groups is 1. The van der Waals surface area contributed by atoms with E-state index in [0.717, 1.165) is 0 Å². The van der Waals surface area contributed by atoms with Gasteiger partial charge in [-0.15, -0.1) is 0 Å². The summed E-state index contributed by atoms with van der Waals surface area (Å²) in [6.45, 7) is 7.08. The van der Waals surface area contributed by atoms with Crippen molar-refractivity contribution in [2.75, 3.05) is 6.66 Å². The average Bonchev–Trinajstić information content (AvgIpc) is 1.65. The van der Waals surface area contributed by atoms with Crippen LogP contribution in [0.5, 0.6) is 0 Å². The van der Waals surface area contributed by atoms with E-state index in [2.05, 4.69) is 6.58 Å². The number of allylic oxidation sites excluding steroid dienone is 1. The molecule has 40 valence electrons. The molecule has 0 amide bonds. The van der Waals surface area contributed by atoms with E-state index in [4.69, 9.17) is 0 Å². The predicted molar refractivity (Wildman–Crippen MR) is 34.1 cm³/mol. The highest BCUT2D eigenvalue weighted by Crippen LogP contribution is 2.09. The van der Waals surface area contributed by atoms with Crippen LogP contribution in [0.15, 0.2) is 12.2 Å². The van der Waals surface area contributed by atoms with E-state index in [9.17, 15) is 4.79 Å². The lowest BCUT2D eigenvalue weighted by atomic mass is 10.4. The van der Waals surface area contributed by atoms with Gasteiger partial charge in [0.15, 0.2) is 5.52 Å². The zero-order chi connectivity index (χ0) is 5.86. The standard InChI is InChI=1S/C5H9OP/c1-4(2)5(6)7-3/h7H,1H2,2-3H3. The number of carbonyl (C=O) groups excluding carboxylic acids is 1. The lowest BCUT2D eigenvalue weighted by Crippen LogP contribution is -1.85. The fourth-order valence-electron chi connectivity index (χ4n) is 0.213. The van der Waals surface area contributed by atoms with Gasteiger partial charge in [0.1, 0.15) is 0 Å². The second kappa shape index (κ2) is 2.92. The van der Waals surface area contributed by atoms with Crippen molar-refractivity contribution >= 4 is 14.1 Å². The molecule has 0 saturated heterocycles. The normalized spacial score (nSPS) is 10.0. The lowest BCUT2D eigenvalue weighted by molar-refractivity contribution is -0.108. The summed E-state index contributed by atoms with van der Waals surface area (Å²) in [5.41, 5.74) is 0.848. The van der Waals surface area contributed by atoms with Crippen LogP contribution < -0.4 is 0 Å². The molecule has 0 aromatic rings. The molecule has 0 heterocycles. The van der Waals surface area contributed by atoms with Crippen LogP contribution in [0.25, 0.3) is 0 Å². The summed E-state index contributed by atoms with van der Waals surface area (Å²) in [6.07, 6.45) is 0. The quantitative estimate of drug-likeness (QED) is 0.393. The largest absolute Gasteiger partial charge is 0.290 e. The van der Waals surface area contributed by atoms with Crippen LogP contribution in [0.2, 0.25) is 0 Å². The molecule has 0 radical (unpaired) electrons. The topological polar surface area (TPSA) is 17.1 Å². The maximum atomic E-state index is 10.4. The summed E-state index contributed by atoms with van der Waals surface area (Å²) in [5.74, 6) is 0. The number of rotatable bonds is 2. The van der Waals surface area contributed by atoms with Crippen molar-refractivity contribution in [3.05, 3.63) is 12.2 Å². The highest BCUT2D eigenvalue weighted by Gasteiger charge is 1.93. The van der Waals surface area contributed by atoms with Crippen LogP contribution in [0.4, 0.5) is 0 Å². The third-order valence-electron chi connectivity index (χ3n) is 0.615. The summed E-state index contributed by atoms with van der Waals surface area (Å²) in [5, 5.41) is 0. The van der Waals surface area contributed by atoms with Gasteiger partial charge in [-0.2, -0.15) is 0 Å². The molecule has 0 rings (SSSR count). The fraction of sp³-hybridized carbons (Fsp3) is 0.400. The Balaban J connectivity index is 3.58. The van der Waals surface area contributed by atoms with Gasteiger partial charge in [-0.05, 0) is 27.7 Å². The summed E-state index contributed by atoms with van der Waals surface area (Å²) >= 11 is 0. The Kier molecular flexibility index (Phi) is 2.86. The Morgan fingerprint density at radius 2 is 2.14 bits per heavy atom. The average molecular weight is 116 g/mol. The van der Waals surface area contributed by atoms with Crippen molar-refractivity contribution in [1.29, 1.82) is 0 Å². The zero-order valence-corrected chi connectivity index (χ0v) is 5.62. The molecular weight excluding hydrogens is 107 g/mol. The molecule has 1 nitrogen and oxygen atoms in total. The van der Waals surface area contributed by atoms with Gasteiger partial charge in [-0.1, -0.05) is 6.58 Å². The van der Waals surface area contributed by atoms with Gasteiger partial charge in [0.2, 0.25) is 0 Å². The van der Waals surface area contributed by atoms with E-state index in [1.165, 1.54) is 0 Å². The molecule has 0 saturated carbocycles. The van der Waals surface area contributed by atoms with Gasteiger partial charge in [0.25, 0.3) is 0 Å². The molecule has 0 aliphatic carbocycles. The summed E-state index contributed by atoms with van der Waals surface area (Å²) < 4.78 is 0. The van der Waals surface area contributed by atoms with E-state index in [-0.39, 0.29) is 5.52 Å². The van der Waals surface area contributed by atoms with Crippen molar-refractivity contribution in [1.82, 2.24) is 0 Å². The third kappa shape index (κ3) is 2.52. The highest BCUT2D eigenvalue weighted by molar-refractivity contribution is 7.58. The maximum Gasteiger partial charge on any atom is 0.175 e. The van der Waals surface area contributed by atoms with Gasteiger partial charge in [-0.25, -0.2) is 0 Å². The lowest BCUT2D eigenvalue weighted by Gasteiger charge is -1.88. The predicted octanol–water partition coefficient (Wildman–Crippen LogP) is 1.40. The van der Waals surface area contributed by atoms with Crippen molar-refractivity contribution in [2.24, 2.45) is 0 Å². The third-order valence-corrected chi connectivity index (χ3v) is 1.50. The van der Waals surface area contributed by atoms with Gasteiger partial charge in [0, 0.05) is 0 Å². The van der Waals surface area contributed by atoms with Gasteiger partial charge in [0.05, 0.1) is 0 Å². The fourth-order valence-corrected chi connectivity index (χ4v) is 0.640. The molecule has 7 heavy (non-hydrogen) atoms. The van der Waals surface area contributed by atoms with E-state index in [1.54, 1.807) is 6.92 Å². The number of hydrogen-bond donors (Lipinski definition) is 0. The second-order valence-corrected chi connectivity index (χ2v) is 2.31. The van der Waals surface area contributed by atoms with Crippen molar-refractivity contribution in [2.45, 2.75) is 6.92 Å². The minimum atomic E-state index is 0.181. The molecule has 0 aromatic carbocycles. The Morgan fingerprint density at radius 1 is 1.71 bits per heavy atom. The van der Waals surface area contributed by atoms with Crippen LogP contribution in [0.1, 0.15) is 6.92 Å². The Labute approximate surface area is 45.6 Å². The first-order chi connectivity index (χ1) is 3.18. The van der Waals surface area contributed by atoms with E-state index in [0.29, 0.717) is 14.2 Å². The maximum absolute atomic E-state index is 10.4. The van der Waals surface area contributed by atoms with Crippen molar-refractivity contribution < 1.29 is 4.79 Å². The van der Waals surface area contributed by atoms with Crippen molar-refractivity contribution in [3.63, 3.8) is 0 Å². The number of hydrogen-bond acceptors (Lipinski definition) is 1. The molecule has 0 bridgehead atoms. The minimum Gasteiger partial charge on any atom is -0.290 e. The Bertz CT molecular complexity index is 96.3. The molecule has 1 unspecified atom stereocenters. The van der Waals surface area contributed by atoms with Crippen LogP contribution >= 0.6 is 8.58 Å². The first-order valence-corrected chi connectivity index (χ1v) is 3.56.